The third-order valence-corrected chi connectivity index (χ3v) is 4.52. The molecule has 1 saturated carbocycles. The SMILES string of the molecule is CCCOc1ccc(Cl)cc1C(=O)NC(N)=NC1CCCCCCC1. The van der Waals surface area contributed by atoms with E-state index in [0.717, 1.165) is 19.3 Å². The normalized spacial score (nSPS) is 16.8. The first-order chi connectivity index (χ1) is 12.1. The maximum atomic E-state index is 12.5. The molecule has 0 heterocycles. The molecule has 6 heteroatoms. The van der Waals surface area contributed by atoms with E-state index in [1.54, 1.807) is 18.2 Å². The molecule has 0 spiro atoms. The Labute approximate surface area is 155 Å². The minimum absolute atomic E-state index is 0.164. The van der Waals surface area contributed by atoms with E-state index in [0.29, 0.717) is 22.9 Å². The summed E-state index contributed by atoms with van der Waals surface area (Å²) >= 11 is 6.02. The molecule has 3 N–H and O–H groups in total. The Balaban J connectivity index is 2.04. The van der Waals surface area contributed by atoms with Crippen molar-refractivity contribution >= 4 is 23.5 Å². The molecule has 1 fully saturated rings. The van der Waals surface area contributed by atoms with Gasteiger partial charge in [0, 0.05) is 5.02 Å². The highest BCUT2D eigenvalue weighted by Gasteiger charge is 2.16. The molecule has 1 aromatic carbocycles. The number of nitrogens with one attached hydrogen (secondary N) is 1. The van der Waals surface area contributed by atoms with Crippen LogP contribution < -0.4 is 15.8 Å². The highest BCUT2D eigenvalue weighted by atomic mass is 35.5. The topological polar surface area (TPSA) is 76.7 Å². The lowest BCUT2D eigenvalue weighted by atomic mass is 9.97. The minimum Gasteiger partial charge on any atom is -0.493 e. The Kier molecular flexibility index (Phi) is 8.06. The number of hydrogen-bond donors (Lipinski definition) is 2. The third kappa shape index (κ3) is 6.58. The maximum Gasteiger partial charge on any atom is 0.261 e. The van der Waals surface area contributed by atoms with Gasteiger partial charge >= 0.3 is 0 Å². The highest BCUT2D eigenvalue weighted by Crippen LogP contribution is 2.23. The van der Waals surface area contributed by atoms with Crippen molar-refractivity contribution in [1.82, 2.24) is 5.32 Å². The number of carbonyl (C=O) groups is 1. The van der Waals surface area contributed by atoms with Gasteiger partial charge in [-0.2, -0.15) is 0 Å². The van der Waals surface area contributed by atoms with Crippen LogP contribution in [-0.4, -0.2) is 24.5 Å². The third-order valence-electron chi connectivity index (χ3n) is 4.29. The van der Waals surface area contributed by atoms with Gasteiger partial charge in [-0.05, 0) is 37.5 Å². The summed E-state index contributed by atoms with van der Waals surface area (Å²) in [6, 6.07) is 5.19. The molecule has 0 radical (unpaired) electrons. The fourth-order valence-corrected chi connectivity index (χ4v) is 3.17. The van der Waals surface area contributed by atoms with E-state index >= 15 is 0 Å². The predicted octanol–water partition coefficient (Wildman–Crippen LogP) is 4.29. The van der Waals surface area contributed by atoms with Crippen LogP contribution in [0.5, 0.6) is 5.75 Å². The van der Waals surface area contributed by atoms with Crippen molar-refractivity contribution in [3.63, 3.8) is 0 Å². The average Bonchev–Trinajstić information content (AvgIpc) is 2.56. The van der Waals surface area contributed by atoms with E-state index in [1.807, 2.05) is 6.92 Å². The Hall–Kier alpha value is -1.75. The van der Waals surface area contributed by atoms with Crippen molar-refractivity contribution in [1.29, 1.82) is 0 Å². The van der Waals surface area contributed by atoms with E-state index in [4.69, 9.17) is 22.1 Å². The van der Waals surface area contributed by atoms with Crippen LogP contribution in [0.25, 0.3) is 0 Å². The first-order valence-corrected chi connectivity index (χ1v) is 9.55. The van der Waals surface area contributed by atoms with Gasteiger partial charge in [-0.15, -0.1) is 0 Å². The second-order valence-corrected chi connectivity index (χ2v) is 6.89. The minimum atomic E-state index is -0.347. The van der Waals surface area contributed by atoms with Crippen LogP contribution >= 0.6 is 11.6 Å². The number of benzene rings is 1. The molecular formula is C19H28ClN3O2. The highest BCUT2D eigenvalue weighted by molar-refractivity contribution is 6.31. The van der Waals surface area contributed by atoms with Crippen molar-refractivity contribution in [2.45, 2.75) is 64.3 Å². The largest absolute Gasteiger partial charge is 0.493 e. The monoisotopic (exact) mass is 365 g/mol. The molecule has 0 aromatic heterocycles. The molecule has 0 aliphatic heterocycles. The molecule has 1 aromatic rings. The van der Waals surface area contributed by atoms with E-state index in [9.17, 15) is 4.79 Å². The number of nitrogens with zero attached hydrogens (tertiary/aromatic N) is 1. The van der Waals surface area contributed by atoms with Crippen molar-refractivity contribution in [3.05, 3.63) is 28.8 Å². The molecule has 5 nitrogen and oxygen atoms in total. The number of aliphatic imine (C=N–C) groups is 1. The number of amides is 1. The van der Waals surface area contributed by atoms with Crippen LogP contribution in [0.4, 0.5) is 0 Å². The van der Waals surface area contributed by atoms with Gasteiger partial charge in [-0.3, -0.25) is 10.1 Å². The zero-order valence-corrected chi connectivity index (χ0v) is 15.6. The summed E-state index contributed by atoms with van der Waals surface area (Å²) in [6.45, 7) is 2.54. The molecule has 0 bridgehead atoms. The van der Waals surface area contributed by atoms with Gasteiger partial charge in [0.2, 0.25) is 0 Å². The first kappa shape index (κ1) is 19.6. The molecular weight excluding hydrogens is 338 g/mol. The standard InChI is InChI=1S/C19H28ClN3O2/c1-2-12-25-17-11-10-14(20)13-16(17)18(24)23-19(21)22-15-8-6-4-3-5-7-9-15/h10-11,13,15H,2-9,12H2,1H3,(H3,21,22,23,24). The lowest BCUT2D eigenvalue weighted by molar-refractivity contribution is 0.0972. The first-order valence-electron chi connectivity index (χ1n) is 9.17. The second kappa shape index (κ2) is 10.3. The molecule has 1 amide bonds. The van der Waals surface area contributed by atoms with Crippen molar-refractivity contribution < 1.29 is 9.53 Å². The van der Waals surface area contributed by atoms with Crippen molar-refractivity contribution in [2.24, 2.45) is 10.7 Å². The number of nitrogens with two attached hydrogens (primary N) is 1. The Morgan fingerprint density at radius 2 is 1.96 bits per heavy atom. The molecule has 1 aliphatic carbocycles. The molecule has 138 valence electrons. The average molecular weight is 366 g/mol. The number of carbonyl (C=O) groups excluding carboxylic acids is 1. The summed E-state index contributed by atoms with van der Waals surface area (Å²) in [5.74, 6) is 0.320. The summed E-state index contributed by atoms with van der Waals surface area (Å²) in [4.78, 5) is 17.1. The van der Waals surface area contributed by atoms with Gasteiger partial charge in [0.1, 0.15) is 5.75 Å². The smallest absolute Gasteiger partial charge is 0.261 e. The lowest BCUT2D eigenvalue weighted by Gasteiger charge is -2.17. The molecule has 0 unspecified atom stereocenters. The summed E-state index contributed by atoms with van der Waals surface area (Å²) < 4.78 is 5.62. The molecule has 1 aliphatic rings. The zero-order valence-electron chi connectivity index (χ0n) is 14.9. The molecule has 0 atom stereocenters. The van der Waals surface area contributed by atoms with E-state index in [2.05, 4.69) is 10.3 Å². The van der Waals surface area contributed by atoms with Crippen molar-refractivity contribution in [2.75, 3.05) is 6.61 Å². The quantitative estimate of drug-likeness (QED) is 0.603. The predicted molar refractivity (Wildman–Crippen MR) is 102 cm³/mol. The second-order valence-electron chi connectivity index (χ2n) is 6.46. The van der Waals surface area contributed by atoms with Gasteiger partial charge < -0.3 is 10.5 Å². The fraction of sp³-hybridized carbons (Fsp3) is 0.579. The van der Waals surface area contributed by atoms with Crippen LogP contribution in [0.2, 0.25) is 5.02 Å². The number of hydrogen-bond acceptors (Lipinski definition) is 3. The summed E-state index contributed by atoms with van der Waals surface area (Å²) in [7, 11) is 0. The van der Waals surface area contributed by atoms with E-state index in [-0.39, 0.29) is 17.9 Å². The molecule has 2 rings (SSSR count). The molecule has 25 heavy (non-hydrogen) atoms. The molecule has 0 saturated heterocycles. The Morgan fingerprint density at radius 3 is 2.64 bits per heavy atom. The lowest BCUT2D eigenvalue weighted by Crippen LogP contribution is -2.38. The fourth-order valence-electron chi connectivity index (χ4n) is 2.99. The van der Waals surface area contributed by atoms with Gasteiger partial charge in [0.25, 0.3) is 5.91 Å². The van der Waals surface area contributed by atoms with Crippen LogP contribution in [0, 0.1) is 0 Å². The van der Waals surface area contributed by atoms with Crippen LogP contribution in [-0.2, 0) is 0 Å². The van der Waals surface area contributed by atoms with Gasteiger partial charge in [-0.25, -0.2) is 4.99 Å². The summed E-state index contributed by atoms with van der Waals surface area (Å²) in [5, 5.41) is 3.15. The van der Waals surface area contributed by atoms with Gasteiger partial charge in [-0.1, -0.05) is 50.6 Å². The van der Waals surface area contributed by atoms with Crippen molar-refractivity contribution in [3.8, 4) is 5.75 Å². The van der Waals surface area contributed by atoms with E-state index in [1.165, 1.54) is 32.1 Å². The number of guanidine groups is 1. The summed E-state index contributed by atoms with van der Waals surface area (Å²) in [6.07, 6.45) is 9.04. The Bertz CT molecular complexity index is 596. The number of rotatable bonds is 5. The van der Waals surface area contributed by atoms with Crippen LogP contribution in [0.3, 0.4) is 0 Å². The number of ether oxygens (including phenoxy) is 1. The van der Waals surface area contributed by atoms with Crippen LogP contribution in [0.1, 0.15) is 68.6 Å². The Morgan fingerprint density at radius 1 is 1.28 bits per heavy atom. The van der Waals surface area contributed by atoms with E-state index < -0.39 is 0 Å². The zero-order chi connectivity index (χ0) is 18.1. The number of halogens is 1. The van der Waals surface area contributed by atoms with Crippen LogP contribution in [0.15, 0.2) is 23.2 Å². The van der Waals surface area contributed by atoms with Gasteiger partial charge in [0.15, 0.2) is 5.96 Å². The maximum absolute atomic E-state index is 12.5. The van der Waals surface area contributed by atoms with Gasteiger partial charge in [0.05, 0.1) is 18.2 Å². The summed E-state index contributed by atoms with van der Waals surface area (Å²) in [5.41, 5.74) is 6.34.